The van der Waals surface area contributed by atoms with E-state index in [2.05, 4.69) is 13.2 Å². The molecule has 90 valence electrons. The molecular weight excluding hydrogens is 204 g/mol. The van der Waals surface area contributed by atoms with Crippen molar-refractivity contribution < 1.29 is 14.3 Å². The minimum absolute atomic E-state index is 0.00595. The average molecular weight is 224 g/mol. The zero-order valence-electron chi connectivity index (χ0n) is 10.1. The van der Waals surface area contributed by atoms with Gasteiger partial charge in [-0.25, -0.2) is 0 Å². The van der Waals surface area contributed by atoms with Gasteiger partial charge >= 0.3 is 0 Å². The van der Waals surface area contributed by atoms with E-state index in [0.717, 1.165) is 6.42 Å². The summed E-state index contributed by atoms with van der Waals surface area (Å²) in [5.41, 5.74) is -0.780. The van der Waals surface area contributed by atoms with Crippen LogP contribution in [0.15, 0.2) is 25.3 Å². The minimum Gasteiger partial charge on any atom is -0.343 e. The van der Waals surface area contributed by atoms with Gasteiger partial charge in [-0.3, -0.25) is 4.79 Å². The van der Waals surface area contributed by atoms with Crippen LogP contribution < -0.4 is 0 Å². The molecule has 1 aliphatic heterocycles. The maximum Gasteiger partial charge on any atom is 0.190 e. The van der Waals surface area contributed by atoms with Gasteiger partial charge in [0.05, 0.1) is 0 Å². The van der Waals surface area contributed by atoms with Crippen molar-refractivity contribution in [2.45, 2.75) is 44.5 Å². The summed E-state index contributed by atoms with van der Waals surface area (Å²) in [4.78, 5) is 12.0. The Morgan fingerprint density at radius 1 is 1.38 bits per heavy atom. The molecule has 0 amide bonds. The van der Waals surface area contributed by atoms with E-state index in [-0.39, 0.29) is 12.4 Å². The van der Waals surface area contributed by atoms with Crippen molar-refractivity contribution >= 4 is 5.78 Å². The Morgan fingerprint density at radius 3 is 2.62 bits per heavy atom. The zero-order valence-corrected chi connectivity index (χ0v) is 10.1. The van der Waals surface area contributed by atoms with Crippen LogP contribution in [0.1, 0.15) is 33.1 Å². The van der Waals surface area contributed by atoms with Crippen molar-refractivity contribution in [1.29, 1.82) is 0 Å². The molecule has 0 N–H and O–H groups in total. The summed E-state index contributed by atoms with van der Waals surface area (Å²) in [5.74, 6) is -0.716. The fraction of sp³-hybridized carbons (Fsp3) is 0.615. The maximum atomic E-state index is 12.0. The van der Waals surface area contributed by atoms with Crippen molar-refractivity contribution in [3.8, 4) is 0 Å². The topological polar surface area (TPSA) is 35.5 Å². The zero-order chi connectivity index (χ0) is 12.2. The first-order valence-corrected chi connectivity index (χ1v) is 5.55. The molecule has 0 unspecified atom stereocenters. The fourth-order valence-electron chi connectivity index (χ4n) is 1.94. The SMILES string of the molecule is C=CCC[C@@]1(CC=C)OC(C)(C)OCC1=O. The highest BCUT2D eigenvalue weighted by Gasteiger charge is 2.46. The van der Waals surface area contributed by atoms with Crippen LogP contribution in [0.2, 0.25) is 0 Å². The van der Waals surface area contributed by atoms with Gasteiger partial charge in [0.1, 0.15) is 12.2 Å². The summed E-state index contributed by atoms with van der Waals surface area (Å²) in [6, 6.07) is 0. The normalized spacial score (nSPS) is 28.8. The Labute approximate surface area is 97.1 Å². The highest BCUT2D eigenvalue weighted by molar-refractivity contribution is 5.89. The number of hydrogen-bond donors (Lipinski definition) is 0. The van der Waals surface area contributed by atoms with Gasteiger partial charge in [0.2, 0.25) is 0 Å². The summed E-state index contributed by atoms with van der Waals surface area (Å²) in [7, 11) is 0. The Balaban J connectivity index is 2.89. The molecule has 0 spiro atoms. The van der Waals surface area contributed by atoms with Crippen molar-refractivity contribution in [2.75, 3.05) is 6.61 Å². The minimum atomic E-state index is -0.780. The Kier molecular flexibility index (Phi) is 4.05. The molecule has 0 bridgehead atoms. The number of hydrogen-bond acceptors (Lipinski definition) is 3. The Morgan fingerprint density at radius 2 is 2.06 bits per heavy atom. The van der Waals surface area contributed by atoms with Gasteiger partial charge in [0.15, 0.2) is 11.6 Å². The molecule has 0 radical (unpaired) electrons. The van der Waals surface area contributed by atoms with Crippen LogP contribution in [-0.2, 0) is 14.3 Å². The quantitative estimate of drug-likeness (QED) is 0.673. The second-order valence-electron chi connectivity index (χ2n) is 4.53. The molecule has 0 aromatic rings. The lowest BCUT2D eigenvalue weighted by atomic mass is 9.87. The molecule has 1 fully saturated rings. The van der Waals surface area contributed by atoms with Gasteiger partial charge in [-0.2, -0.15) is 0 Å². The first-order valence-electron chi connectivity index (χ1n) is 5.55. The largest absolute Gasteiger partial charge is 0.343 e. The smallest absolute Gasteiger partial charge is 0.190 e. The van der Waals surface area contributed by atoms with Gasteiger partial charge in [0.25, 0.3) is 0 Å². The van der Waals surface area contributed by atoms with Crippen LogP contribution in [0.3, 0.4) is 0 Å². The summed E-state index contributed by atoms with van der Waals surface area (Å²) < 4.78 is 11.2. The molecule has 16 heavy (non-hydrogen) atoms. The average Bonchev–Trinajstić information content (AvgIpc) is 2.21. The van der Waals surface area contributed by atoms with Crippen LogP contribution in [0.5, 0.6) is 0 Å². The van der Waals surface area contributed by atoms with E-state index in [0.29, 0.717) is 12.8 Å². The fourth-order valence-corrected chi connectivity index (χ4v) is 1.94. The molecular formula is C13H20O3. The Bertz CT molecular complexity index is 294. The molecule has 1 heterocycles. The van der Waals surface area contributed by atoms with E-state index < -0.39 is 11.4 Å². The first-order chi connectivity index (χ1) is 7.46. The van der Waals surface area contributed by atoms with Crippen LogP contribution >= 0.6 is 0 Å². The second kappa shape index (κ2) is 4.93. The van der Waals surface area contributed by atoms with Crippen LogP contribution in [-0.4, -0.2) is 23.8 Å². The predicted molar refractivity (Wildman–Crippen MR) is 63.1 cm³/mol. The molecule has 0 saturated carbocycles. The van der Waals surface area contributed by atoms with Gasteiger partial charge in [-0.05, 0) is 26.7 Å². The number of carbonyl (C=O) groups is 1. The summed E-state index contributed by atoms with van der Waals surface area (Å²) in [6.07, 6.45) is 5.42. The molecule has 0 aromatic carbocycles. The molecule has 0 aliphatic carbocycles. The van der Waals surface area contributed by atoms with Gasteiger partial charge in [-0.1, -0.05) is 12.2 Å². The number of rotatable bonds is 5. The molecule has 1 saturated heterocycles. The van der Waals surface area contributed by atoms with E-state index in [4.69, 9.17) is 9.47 Å². The lowest BCUT2D eigenvalue weighted by molar-refractivity contribution is -0.289. The van der Waals surface area contributed by atoms with E-state index >= 15 is 0 Å². The van der Waals surface area contributed by atoms with E-state index in [1.807, 2.05) is 13.8 Å². The first kappa shape index (κ1) is 13.1. The lowest BCUT2D eigenvalue weighted by Gasteiger charge is -2.43. The molecule has 0 aromatic heterocycles. The van der Waals surface area contributed by atoms with Gasteiger partial charge in [0, 0.05) is 6.42 Å². The van der Waals surface area contributed by atoms with Crippen molar-refractivity contribution in [2.24, 2.45) is 0 Å². The number of ether oxygens (including phenoxy) is 2. The third kappa shape index (κ3) is 2.80. The van der Waals surface area contributed by atoms with Crippen LogP contribution in [0, 0.1) is 0 Å². The lowest BCUT2D eigenvalue weighted by Crippen LogP contribution is -2.55. The van der Waals surface area contributed by atoms with Gasteiger partial charge in [-0.15, -0.1) is 13.2 Å². The number of Topliss-reactive ketones (excluding diaryl/α,β-unsaturated/α-hetero) is 1. The monoisotopic (exact) mass is 224 g/mol. The van der Waals surface area contributed by atoms with Crippen molar-refractivity contribution in [3.05, 3.63) is 25.3 Å². The highest BCUT2D eigenvalue weighted by Crippen LogP contribution is 2.34. The summed E-state index contributed by atoms with van der Waals surface area (Å²) >= 11 is 0. The molecule has 1 rings (SSSR count). The van der Waals surface area contributed by atoms with E-state index in [1.54, 1.807) is 12.2 Å². The van der Waals surface area contributed by atoms with Crippen molar-refractivity contribution in [1.82, 2.24) is 0 Å². The third-order valence-corrected chi connectivity index (χ3v) is 2.73. The summed E-state index contributed by atoms with van der Waals surface area (Å²) in [6.45, 7) is 11.1. The predicted octanol–water partition coefficient (Wildman–Crippen LogP) is 2.62. The Hall–Kier alpha value is -0.930. The standard InChI is InChI=1S/C13H20O3/c1-5-7-9-13(8-6-2)11(14)10-15-12(3,4)16-13/h5-6H,1-2,7-10H2,3-4H3/t13-/m1/s1. The maximum absolute atomic E-state index is 12.0. The number of allylic oxidation sites excluding steroid dienone is 1. The second-order valence-corrected chi connectivity index (χ2v) is 4.53. The molecule has 3 heteroatoms. The van der Waals surface area contributed by atoms with Crippen molar-refractivity contribution in [3.63, 3.8) is 0 Å². The molecule has 1 atom stereocenters. The molecule has 1 aliphatic rings. The number of carbonyl (C=O) groups excluding carboxylic acids is 1. The van der Waals surface area contributed by atoms with E-state index in [1.165, 1.54) is 0 Å². The van der Waals surface area contributed by atoms with Gasteiger partial charge < -0.3 is 9.47 Å². The van der Waals surface area contributed by atoms with Crippen LogP contribution in [0.4, 0.5) is 0 Å². The third-order valence-electron chi connectivity index (χ3n) is 2.73. The summed E-state index contributed by atoms with van der Waals surface area (Å²) in [5, 5.41) is 0. The van der Waals surface area contributed by atoms with Crippen LogP contribution in [0.25, 0.3) is 0 Å². The highest BCUT2D eigenvalue weighted by atomic mass is 16.7. The van der Waals surface area contributed by atoms with E-state index in [9.17, 15) is 4.79 Å². The number of ketones is 1. The molecule has 3 nitrogen and oxygen atoms in total.